The molecule has 0 aromatic heterocycles. The van der Waals surface area contributed by atoms with Crippen molar-refractivity contribution in [2.75, 3.05) is 23.9 Å². The van der Waals surface area contributed by atoms with Gasteiger partial charge in [-0.15, -0.1) is 0 Å². The minimum Gasteiger partial charge on any atom is -0.497 e. The smallest absolute Gasteiger partial charge is 0.119 e. The van der Waals surface area contributed by atoms with E-state index in [2.05, 4.69) is 53.5 Å². The zero-order chi connectivity index (χ0) is 13.9. The molecule has 1 heterocycles. The number of rotatable bonds is 3. The van der Waals surface area contributed by atoms with Gasteiger partial charge in [0.1, 0.15) is 5.75 Å². The second kappa shape index (κ2) is 5.45. The van der Waals surface area contributed by atoms with Crippen LogP contribution < -0.4 is 15.0 Å². The maximum absolute atomic E-state index is 5.31. The van der Waals surface area contributed by atoms with Crippen LogP contribution in [0.15, 0.2) is 48.5 Å². The van der Waals surface area contributed by atoms with Gasteiger partial charge < -0.3 is 15.0 Å². The molecule has 1 N–H and O–H groups in total. The van der Waals surface area contributed by atoms with E-state index in [-0.39, 0.29) is 0 Å². The fourth-order valence-electron chi connectivity index (χ4n) is 2.69. The van der Waals surface area contributed by atoms with Crippen molar-refractivity contribution in [3.63, 3.8) is 0 Å². The lowest BCUT2D eigenvalue weighted by Gasteiger charge is -2.37. The highest BCUT2D eigenvalue weighted by molar-refractivity contribution is 5.72. The quantitative estimate of drug-likeness (QED) is 0.922. The van der Waals surface area contributed by atoms with Crippen LogP contribution in [0, 0.1) is 0 Å². The predicted molar refractivity (Wildman–Crippen MR) is 83.6 cm³/mol. The standard InChI is InChI=1S/C17H20N2O/c1-13-11-18-16-8-3-4-9-17(16)19(13)12-14-6-5-7-15(10-14)20-2/h3-10,13,18H,11-12H2,1-2H3. The summed E-state index contributed by atoms with van der Waals surface area (Å²) in [5.41, 5.74) is 3.76. The van der Waals surface area contributed by atoms with Crippen molar-refractivity contribution < 1.29 is 4.74 Å². The Balaban J connectivity index is 1.89. The molecule has 0 aliphatic carbocycles. The zero-order valence-electron chi connectivity index (χ0n) is 12.0. The van der Waals surface area contributed by atoms with Crippen LogP contribution >= 0.6 is 0 Å². The van der Waals surface area contributed by atoms with Gasteiger partial charge >= 0.3 is 0 Å². The molecule has 3 heteroatoms. The fourth-order valence-corrected chi connectivity index (χ4v) is 2.69. The summed E-state index contributed by atoms with van der Waals surface area (Å²) >= 11 is 0. The van der Waals surface area contributed by atoms with E-state index in [0.29, 0.717) is 6.04 Å². The van der Waals surface area contributed by atoms with E-state index in [0.717, 1.165) is 18.8 Å². The summed E-state index contributed by atoms with van der Waals surface area (Å²) in [7, 11) is 1.71. The molecule has 1 unspecified atom stereocenters. The van der Waals surface area contributed by atoms with Crippen molar-refractivity contribution in [1.82, 2.24) is 0 Å². The normalized spacial score (nSPS) is 17.3. The van der Waals surface area contributed by atoms with Gasteiger partial charge in [0.15, 0.2) is 0 Å². The summed E-state index contributed by atoms with van der Waals surface area (Å²) in [6.07, 6.45) is 0. The highest BCUT2D eigenvalue weighted by Gasteiger charge is 2.22. The SMILES string of the molecule is COc1cccc(CN2c3ccccc3NCC2C)c1. The molecule has 0 saturated carbocycles. The van der Waals surface area contributed by atoms with Crippen molar-refractivity contribution >= 4 is 11.4 Å². The molecule has 2 aromatic rings. The summed E-state index contributed by atoms with van der Waals surface area (Å²) in [6.45, 7) is 4.13. The van der Waals surface area contributed by atoms with Crippen molar-refractivity contribution in [3.8, 4) is 5.75 Å². The molecule has 0 spiro atoms. The monoisotopic (exact) mass is 268 g/mol. The van der Waals surface area contributed by atoms with Gasteiger partial charge in [-0.25, -0.2) is 0 Å². The lowest BCUT2D eigenvalue weighted by atomic mass is 10.1. The number of nitrogens with zero attached hydrogens (tertiary/aromatic N) is 1. The number of hydrogen-bond acceptors (Lipinski definition) is 3. The van der Waals surface area contributed by atoms with Crippen molar-refractivity contribution in [2.45, 2.75) is 19.5 Å². The molecule has 0 amide bonds. The first kappa shape index (κ1) is 12.9. The van der Waals surface area contributed by atoms with E-state index in [1.807, 2.05) is 12.1 Å². The van der Waals surface area contributed by atoms with Crippen LogP contribution in [0.3, 0.4) is 0 Å². The number of para-hydroxylation sites is 2. The van der Waals surface area contributed by atoms with Crippen LogP contribution in [-0.4, -0.2) is 19.7 Å². The Bertz CT molecular complexity index is 597. The lowest BCUT2D eigenvalue weighted by Crippen LogP contribution is -2.41. The third-order valence-corrected chi connectivity index (χ3v) is 3.82. The summed E-state index contributed by atoms with van der Waals surface area (Å²) in [4.78, 5) is 2.45. The van der Waals surface area contributed by atoms with Gasteiger partial charge in [0.25, 0.3) is 0 Å². The number of fused-ring (bicyclic) bond motifs is 1. The molecule has 0 radical (unpaired) electrons. The lowest BCUT2D eigenvalue weighted by molar-refractivity contribution is 0.414. The Hall–Kier alpha value is -2.16. The number of nitrogens with one attached hydrogen (secondary N) is 1. The number of ether oxygens (including phenoxy) is 1. The Labute approximate surface area is 120 Å². The van der Waals surface area contributed by atoms with Crippen molar-refractivity contribution in [2.24, 2.45) is 0 Å². The van der Waals surface area contributed by atoms with Gasteiger partial charge in [0.2, 0.25) is 0 Å². The van der Waals surface area contributed by atoms with Gasteiger partial charge in [-0.3, -0.25) is 0 Å². The third kappa shape index (κ3) is 2.44. The molecule has 3 nitrogen and oxygen atoms in total. The number of methoxy groups -OCH3 is 1. The molecule has 1 aliphatic rings. The van der Waals surface area contributed by atoms with E-state index >= 15 is 0 Å². The first-order chi connectivity index (χ1) is 9.78. The molecule has 3 rings (SSSR count). The van der Waals surface area contributed by atoms with E-state index in [1.165, 1.54) is 16.9 Å². The van der Waals surface area contributed by atoms with Crippen LogP contribution in [-0.2, 0) is 6.54 Å². The molecule has 104 valence electrons. The minimum atomic E-state index is 0.469. The summed E-state index contributed by atoms with van der Waals surface area (Å²) in [5, 5.41) is 3.48. The van der Waals surface area contributed by atoms with Gasteiger partial charge in [0, 0.05) is 19.1 Å². The Morgan fingerprint density at radius 1 is 1.20 bits per heavy atom. The van der Waals surface area contributed by atoms with E-state index in [1.54, 1.807) is 7.11 Å². The maximum atomic E-state index is 5.31. The predicted octanol–water partition coefficient (Wildman–Crippen LogP) is 3.52. The molecule has 0 fully saturated rings. The van der Waals surface area contributed by atoms with E-state index < -0.39 is 0 Å². The van der Waals surface area contributed by atoms with Crippen LogP contribution in [0.4, 0.5) is 11.4 Å². The summed E-state index contributed by atoms with van der Waals surface area (Å²) < 4.78 is 5.31. The summed E-state index contributed by atoms with van der Waals surface area (Å²) in [5.74, 6) is 0.915. The number of hydrogen-bond donors (Lipinski definition) is 1. The largest absolute Gasteiger partial charge is 0.497 e. The van der Waals surface area contributed by atoms with Crippen molar-refractivity contribution in [3.05, 3.63) is 54.1 Å². The van der Waals surface area contributed by atoms with Crippen molar-refractivity contribution in [1.29, 1.82) is 0 Å². The Kier molecular flexibility index (Phi) is 3.50. The van der Waals surface area contributed by atoms with Gasteiger partial charge in [-0.05, 0) is 36.8 Å². The molecule has 1 atom stereocenters. The molecular formula is C17H20N2O. The Morgan fingerprint density at radius 3 is 2.90 bits per heavy atom. The molecule has 20 heavy (non-hydrogen) atoms. The van der Waals surface area contributed by atoms with E-state index in [9.17, 15) is 0 Å². The number of benzene rings is 2. The average molecular weight is 268 g/mol. The third-order valence-electron chi connectivity index (χ3n) is 3.82. The second-order valence-corrected chi connectivity index (χ2v) is 5.23. The molecule has 1 aliphatic heterocycles. The summed E-state index contributed by atoms with van der Waals surface area (Å²) in [6, 6.07) is 17.2. The molecular weight excluding hydrogens is 248 g/mol. The first-order valence-corrected chi connectivity index (χ1v) is 7.00. The van der Waals surface area contributed by atoms with Gasteiger partial charge in [0.05, 0.1) is 18.5 Å². The van der Waals surface area contributed by atoms with Gasteiger partial charge in [-0.1, -0.05) is 24.3 Å². The van der Waals surface area contributed by atoms with Crippen LogP contribution in [0.2, 0.25) is 0 Å². The maximum Gasteiger partial charge on any atom is 0.119 e. The molecule has 0 saturated heterocycles. The average Bonchev–Trinajstić information content (AvgIpc) is 2.50. The van der Waals surface area contributed by atoms with Crippen LogP contribution in [0.25, 0.3) is 0 Å². The van der Waals surface area contributed by atoms with Crippen LogP contribution in [0.5, 0.6) is 5.75 Å². The van der Waals surface area contributed by atoms with Gasteiger partial charge in [-0.2, -0.15) is 0 Å². The topological polar surface area (TPSA) is 24.5 Å². The van der Waals surface area contributed by atoms with E-state index in [4.69, 9.17) is 4.74 Å². The zero-order valence-corrected chi connectivity index (χ0v) is 12.0. The highest BCUT2D eigenvalue weighted by Crippen LogP contribution is 2.32. The second-order valence-electron chi connectivity index (χ2n) is 5.23. The molecule has 2 aromatic carbocycles. The fraction of sp³-hybridized carbons (Fsp3) is 0.294. The highest BCUT2D eigenvalue weighted by atomic mass is 16.5. The Morgan fingerprint density at radius 2 is 2.05 bits per heavy atom. The first-order valence-electron chi connectivity index (χ1n) is 7.00. The number of anilines is 2. The minimum absolute atomic E-state index is 0.469. The molecule has 0 bridgehead atoms. The van der Waals surface area contributed by atoms with Crippen LogP contribution in [0.1, 0.15) is 12.5 Å².